The first kappa shape index (κ1) is 17.5. The van der Waals surface area contributed by atoms with Crippen molar-refractivity contribution in [2.24, 2.45) is 0 Å². The third-order valence-corrected chi connectivity index (χ3v) is 3.47. The zero-order valence-corrected chi connectivity index (χ0v) is 13.0. The number of carboxylic acid groups (broad SMARTS) is 1. The number of methoxy groups -OCH3 is 1. The van der Waals surface area contributed by atoms with Crippen LogP contribution in [0.5, 0.6) is 5.75 Å². The van der Waals surface area contributed by atoms with Crippen LogP contribution < -0.4 is 10.1 Å². The van der Waals surface area contributed by atoms with Gasteiger partial charge in [0.15, 0.2) is 0 Å². The Morgan fingerprint density at radius 3 is 2.50 bits per heavy atom. The standard InChI is InChI=1S/C15H20N2O5/c1-15(2,14(20)21)17(3)12(18)9-16-13(19)10-6-5-7-11(8-10)22-4/h5-8H,9H2,1-4H3,(H,16,19)(H,20,21). The Hall–Kier alpha value is -2.57. The number of ether oxygens (including phenoxy) is 1. The predicted molar refractivity (Wildman–Crippen MR) is 79.8 cm³/mol. The summed E-state index contributed by atoms with van der Waals surface area (Å²) < 4.78 is 5.02. The van der Waals surface area contributed by atoms with Gasteiger partial charge in [-0.05, 0) is 32.0 Å². The van der Waals surface area contributed by atoms with Gasteiger partial charge in [-0.1, -0.05) is 6.07 Å². The average Bonchev–Trinajstić information content (AvgIpc) is 2.51. The lowest BCUT2D eigenvalue weighted by Gasteiger charge is -2.31. The number of likely N-dealkylation sites (N-methyl/N-ethyl adjacent to an activating group) is 1. The van der Waals surface area contributed by atoms with Gasteiger partial charge in [0.25, 0.3) is 5.91 Å². The van der Waals surface area contributed by atoms with Gasteiger partial charge in [-0.15, -0.1) is 0 Å². The average molecular weight is 308 g/mol. The number of amides is 2. The molecule has 0 fully saturated rings. The fraction of sp³-hybridized carbons (Fsp3) is 0.400. The summed E-state index contributed by atoms with van der Waals surface area (Å²) >= 11 is 0. The molecule has 120 valence electrons. The van der Waals surface area contributed by atoms with Gasteiger partial charge in [0.1, 0.15) is 11.3 Å². The topological polar surface area (TPSA) is 95.9 Å². The van der Waals surface area contributed by atoms with E-state index in [1.807, 2.05) is 0 Å². The van der Waals surface area contributed by atoms with Crippen molar-refractivity contribution in [1.82, 2.24) is 10.2 Å². The van der Waals surface area contributed by atoms with Crippen LogP contribution >= 0.6 is 0 Å². The van der Waals surface area contributed by atoms with Crippen molar-refractivity contribution in [3.63, 3.8) is 0 Å². The number of carbonyl (C=O) groups excluding carboxylic acids is 2. The van der Waals surface area contributed by atoms with Crippen molar-refractivity contribution in [2.75, 3.05) is 20.7 Å². The summed E-state index contributed by atoms with van der Waals surface area (Å²) in [5, 5.41) is 11.5. The summed E-state index contributed by atoms with van der Waals surface area (Å²) in [4.78, 5) is 36.1. The van der Waals surface area contributed by atoms with Crippen LogP contribution in [-0.2, 0) is 9.59 Å². The Kier molecular flexibility index (Phi) is 5.50. The molecule has 22 heavy (non-hydrogen) atoms. The van der Waals surface area contributed by atoms with Crippen LogP contribution in [0.4, 0.5) is 0 Å². The molecule has 0 spiro atoms. The molecule has 1 aromatic rings. The van der Waals surface area contributed by atoms with Gasteiger partial charge in [-0.25, -0.2) is 4.79 Å². The van der Waals surface area contributed by atoms with E-state index in [1.54, 1.807) is 24.3 Å². The van der Waals surface area contributed by atoms with Crippen LogP contribution in [0.25, 0.3) is 0 Å². The minimum atomic E-state index is -1.35. The summed E-state index contributed by atoms with van der Waals surface area (Å²) in [6, 6.07) is 6.50. The molecular weight excluding hydrogens is 288 g/mol. The Balaban J connectivity index is 2.67. The van der Waals surface area contributed by atoms with Gasteiger partial charge in [-0.3, -0.25) is 9.59 Å². The molecule has 0 aliphatic heterocycles. The van der Waals surface area contributed by atoms with Crippen LogP contribution in [0, 0.1) is 0 Å². The second-order valence-electron chi connectivity index (χ2n) is 5.23. The van der Waals surface area contributed by atoms with E-state index in [9.17, 15) is 14.4 Å². The molecular formula is C15H20N2O5. The van der Waals surface area contributed by atoms with E-state index >= 15 is 0 Å². The molecule has 0 unspecified atom stereocenters. The van der Waals surface area contributed by atoms with Crippen LogP contribution in [0.15, 0.2) is 24.3 Å². The van der Waals surface area contributed by atoms with Crippen molar-refractivity contribution in [1.29, 1.82) is 0 Å². The third-order valence-electron chi connectivity index (χ3n) is 3.47. The highest BCUT2D eigenvalue weighted by atomic mass is 16.5. The molecule has 0 aliphatic carbocycles. The van der Waals surface area contributed by atoms with E-state index in [-0.39, 0.29) is 6.54 Å². The summed E-state index contributed by atoms with van der Waals surface area (Å²) in [6.07, 6.45) is 0. The van der Waals surface area contributed by atoms with Gasteiger partial charge >= 0.3 is 5.97 Å². The van der Waals surface area contributed by atoms with Gasteiger partial charge < -0.3 is 20.1 Å². The normalized spacial score (nSPS) is 10.7. The fourth-order valence-electron chi connectivity index (χ4n) is 1.60. The largest absolute Gasteiger partial charge is 0.497 e. The second kappa shape index (κ2) is 6.93. The Labute approximate surface area is 128 Å². The maximum absolute atomic E-state index is 12.0. The molecule has 1 rings (SSSR count). The van der Waals surface area contributed by atoms with Crippen molar-refractivity contribution in [2.45, 2.75) is 19.4 Å². The number of nitrogens with zero attached hydrogens (tertiary/aromatic N) is 1. The molecule has 0 saturated carbocycles. The van der Waals surface area contributed by atoms with Crippen molar-refractivity contribution < 1.29 is 24.2 Å². The first-order valence-corrected chi connectivity index (χ1v) is 6.62. The maximum Gasteiger partial charge on any atom is 0.329 e. The Bertz CT molecular complexity index is 583. The Morgan fingerprint density at radius 2 is 1.95 bits per heavy atom. The third kappa shape index (κ3) is 3.97. The lowest BCUT2D eigenvalue weighted by molar-refractivity contribution is -0.154. The first-order valence-electron chi connectivity index (χ1n) is 6.62. The zero-order chi connectivity index (χ0) is 16.9. The zero-order valence-electron chi connectivity index (χ0n) is 13.0. The molecule has 0 aromatic heterocycles. The number of nitrogens with one attached hydrogen (secondary N) is 1. The summed E-state index contributed by atoms with van der Waals surface area (Å²) in [5.41, 5.74) is -0.995. The lowest BCUT2D eigenvalue weighted by atomic mass is 10.0. The van der Waals surface area contributed by atoms with Gasteiger partial charge in [0.2, 0.25) is 5.91 Å². The molecule has 0 radical (unpaired) electrons. The minimum Gasteiger partial charge on any atom is -0.497 e. The quantitative estimate of drug-likeness (QED) is 0.808. The number of aliphatic carboxylic acids is 1. The fourth-order valence-corrected chi connectivity index (χ4v) is 1.60. The summed E-state index contributed by atoms with van der Waals surface area (Å²) in [6.45, 7) is 2.54. The molecule has 0 saturated heterocycles. The highest BCUT2D eigenvalue weighted by molar-refractivity contribution is 5.97. The molecule has 1 aromatic carbocycles. The monoisotopic (exact) mass is 308 g/mol. The maximum atomic E-state index is 12.0. The van der Waals surface area contributed by atoms with Crippen LogP contribution in [-0.4, -0.2) is 54.0 Å². The number of hydrogen-bond acceptors (Lipinski definition) is 4. The molecule has 0 heterocycles. The van der Waals surface area contributed by atoms with E-state index < -0.39 is 23.3 Å². The summed E-state index contributed by atoms with van der Waals surface area (Å²) in [5.74, 6) is -1.52. The van der Waals surface area contributed by atoms with E-state index in [4.69, 9.17) is 9.84 Å². The van der Waals surface area contributed by atoms with Crippen LogP contribution in [0.2, 0.25) is 0 Å². The number of hydrogen-bond donors (Lipinski definition) is 2. The molecule has 7 heteroatoms. The Morgan fingerprint density at radius 1 is 1.32 bits per heavy atom. The van der Waals surface area contributed by atoms with Crippen LogP contribution in [0.3, 0.4) is 0 Å². The van der Waals surface area contributed by atoms with Crippen molar-refractivity contribution >= 4 is 17.8 Å². The lowest BCUT2D eigenvalue weighted by Crippen LogP contribution is -2.53. The first-order chi connectivity index (χ1) is 10.2. The van der Waals surface area contributed by atoms with E-state index in [1.165, 1.54) is 28.0 Å². The number of rotatable bonds is 6. The highest BCUT2D eigenvalue weighted by Gasteiger charge is 2.35. The molecule has 2 amide bonds. The molecule has 0 aliphatic rings. The smallest absolute Gasteiger partial charge is 0.329 e. The van der Waals surface area contributed by atoms with E-state index in [0.29, 0.717) is 11.3 Å². The molecule has 2 N–H and O–H groups in total. The number of carboxylic acids is 1. The molecule has 0 atom stereocenters. The van der Waals surface area contributed by atoms with Crippen molar-refractivity contribution in [3.05, 3.63) is 29.8 Å². The summed E-state index contributed by atoms with van der Waals surface area (Å²) in [7, 11) is 2.87. The van der Waals surface area contributed by atoms with Crippen LogP contribution in [0.1, 0.15) is 24.2 Å². The highest BCUT2D eigenvalue weighted by Crippen LogP contribution is 2.13. The number of benzene rings is 1. The van der Waals surface area contributed by atoms with E-state index in [2.05, 4.69) is 5.32 Å². The molecule has 0 bridgehead atoms. The van der Waals surface area contributed by atoms with Gasteiger partial charge in [0, 0.05) is 12.6 Å². The second-order valence-corrected chi connectivity index (χ2v) is 5.23. The molecule has 7 nitrogen and oxygen atoms in total. The predicted octanol–water partition coefficient (Wildman–Crippen LogP) is 0.747. The van der Waals surface area contributed by atoms with Crippen molar-refractivity contribution in [3.8, 4) is 5.75 Å². The SMILES string of the molecule is COc1cccc(C(=O)NCC(=O)N(C)C(C)(C)C(=O)O)c1. The van der Waals surface area contributed by atoms with Gasteiger partial charge in [0.05, 0.1) is 13.7 Å². The minimum absolute atomic E-state index is 0.288. The number of carbonyl (C=O) groups is 3. The van der Waals surface area contributed by atoms with Gasteiger partial charge in [-0.2, -0.15) is 0 Å². The van der Waals surface area contributed by atoms with E-state index in [0.717, 1.165) is 4.90 Å².